The summed E-state index contributed by atoms with van der Waals surface area (Å²) in [5.41, 5.74) is -6.10. The highest BCUT2D eigenvalue weighted by molar-refractivity contribution is 7.87. The Morgan fingerprint density at radius 1 is 0.868 bits per heavy atom. The average Bonchev–Trinajstić information content (AvgIpc) is 3.05. The minimum absolute atomic E-state index is 0.00131. The summed E-state index contributed by atoms with van der Waals surface area (Å²) in [6.45, 7) is 23.0. The normalized spacial score (nSPS) is 41.6. The second kappa shape index (κ2) is 8.73. The summed E-state index contributed by atoms with van der Waals surface area (Å²) >= 11 is 0. The van der Waals surface area contributed by atoms with E-state index in [0.29, 0.717) is 24.7 Å². The topological polar surface area (TPSA) is 52.6 Å². The van der Waals surface area contributed by atoms with Gasteiger partial charge in [0.1, 0.15) is 5.76 Å². The molecule has 9 heteroatoms. The predicted octanol–water partition coefficient (Wildman–Crippen LogP) is 8.81. The molecule has 0 spiro atoms. The van der Waals surface area contributed by atoms with Crippen molar-refractivity contribution in [3.63, 3.8) is 0 Å². The Hall–Kier alpha value is -0.543. The van der Waals surface area contributed by atoms with Gasteiger partial charge in [-0.1, -0.05) is 55.4 Å². The standard InChI is InChI=1S/C29H49F3O4SSi/c1-24(2,3)38(9,10)36-22-15-18-26(6)19(25(22,4)5)13-16-27(7)20-11-12-23(28(20,8)17-14-21(26)27)35-37(33,34)29(30,31)32/h12,19-22H,11,13-18H2,1-10H3/t19-,20-,21+,22-,26-,27-,28+/m0/s1. The summed E-state index contributed by atoms with van der Waals surface area (Å²) in [5, 5.41) is 0.150. The third-order valence-electron chi connectivity index (χ3n) is 12.4. The van der Waals surface area contributed by atoms with Gasteiger partial charge in [-0.05, 0) is 103 Å². The Morgan fingerprint density at radius 2 is 1.39 bits per heavy atom. The maximum absolute atomic E-state index is 13.1. The second-order valence-electron chi connectivity index (χ2n) is 15.7. The molecule has 0 N–H and O–H groups in total. The number of halogens is 3. The summed E-state index contributed by atoms with van der Waals surface area (Å²) in [7, 11) is -7.61. The number of allylic oxidation sites excluding steroid dienone is 2. The molecule has 0 amide bonds. The Balaban J connectivity index is 1.60. The molecule has 0 radical (unpaired) electrons. The molecule has 0 bridgehead atoms. The first-order valence-electron chi connectivity index (χ1n) is 14.3. The number of rotatable bonds is 4. The number of hydrogen-bond donors (Lipinski definition) is 0. The van der Waals surface area contributed by atoms with Gasteiger partial charge >= 0.3 is 15.6 Å². The summed E-state index contributed by atoms with van der Waals surface area (Å²) in [6, 6.07) is 0. The molecule has 3 fully saturated rings. The molecule has 3 saturated carbocycles. The summed E-state index contributed by atoms with van der Waals surface area (Å²) < 4.78 is 75.1. The lowest BCUT2D eigenvalue weighted by atomic mass is 9.37. The number of fused-ring (bicyclic) bond motifs is 5. The monoisotopic (exact) mass is 578 g/mol. The van der Waals surface area contributed by atoms with Gasteiger partial charge in [-0.3, -0.25) is 0 Å². The molecule has 220 valence electrons. The van der Waals surface area contributed by atoms with E-state index in [1.807, 2.05) is 6.92 Å². The minimum Gasteiger partial charge on any atom is -0.413 e. The third kappa shape index (κ3) is 4.34. The van der Waals surface area contributed by atoms with E-state index >= 15 is 0 Å². The highest BCUT2D eigenvalue weighted by Gasteiger charge is 2.67. The van der Waals surface area contributed by atoms with Gasteiger partial charge in [0.2, 0.25) is 0 Å². The van der Waals surface area contributed by atoms with Crippen molar-refractivity contribution in [2.24, 2.45) is 39.4 Å². The fraction of sp³-hybridized carbons (Fsp3) is 0.931. The van der Waals surface area contributed by atoms with Crippen molar-refractivity contribution in [1.82, 2.24) is 0 Å². The number of alkyl halides is 3. The van der Waals surface area contributed by atoms with Crippen LogP contribution in [0.3, 0.4) is 0 Å². The van der Waals surface area contributed by atoms with Crippen LogP contribution in [0.4, 0.5) is 13.2 Å². The summed E-state index contributed by atoms with van der Waals surface area (Å²) in [4.78, 5) is 0. The van der Waals surface area contributed by atoms with Crippen LogP contribution >= 0.6 is 0 Å². The van der Waals surface area contributed by atoms with E-state index in [2.05, 4.69) is 61.6 Å². The minimum atomic E-state index is -5.68. The van der Waals surface area contributed by atoms with Crippen LogP contribution in [0.5, 0.6) is 0 Å². The fourth-order valence-electron chi connectivity index (χ4n) is 9.31. The molecule has 0 saturated heterocycles. The molecule has 38 heavy (non-hydrogen) atoms. The Kier molecular flexibility index (Phi) is 6.99. The maximum Gasteiger partial charge on any atom is 0.534 e. The molecule has 4 nitrogen and oxygen atoms in total. The smallest absolute Gasteiger partial charge is 0.413 e. The summed E-state index contributed by atoms with van der Waals surface area (Å²) in [5.74, 6) is 0.983. The van der Waals surface area contributed by atoms with Crippen molar-refractivity contribution in [3.05, 3.63) is 11.8 Å². The first-order valence-corrected chi connectivity index (χ1v) is 18.6. The Morgan fingerprint density at radius 3 is 1.95 bits per heavy atom. The molecule has 4 rings (SSSR count). The van der Waals surface area contributed by atoms with Gasteiger partial charge in [0, 0.05) is 5.41 Å². The zero-order valence-corrected chi connectivity index (χ0v) is 26.8. The zero-order chi connectivity index (χ0) is 29.0. The first kappa shape index (κ1) is 30.4. The Labute approximate surface area is 229 Å². The quantitative estimate of drug-likeness (QED) is 0.190. The van der Waals surface area contributed by atoms with Gasteiger partial charge in [0.05, 0.1) is 6.10 Å². The van der Waals surface area contributed by atoms with Crippen molar-refractivity contribution in [2.45, 2.75) is 130 Å². The van der Waals surface area contributed by atoms with Crippen LogP contribution in [-0.4, -0.2) is 28.3 Å². The molecule has 7 atom stereocenters. The van der Waals surface area contributed by atoms with E-state index < -0.39 is 29.4 Å². The van der Waals surface area contributed by atoms with Crippen LogP contribution < -0.4 is 0 Å². The highest BCUT2D eigenvalue weighted by Crippen LogP contribution is 2.73. The van der Waals surface area contributed by atoms with Gasteiger partial charge in [-0.25, -0.2) is 0 Å². The van der Waals surface area contributed by atoms with Crippen LogP contribution in [0.15, 0.2) is 11.8 Å². The van der Waals surface area contributed by atoms with Crippen LogP contribution in [0.25, 0.3) is 0 Å². The largest absolute Gasteiger partial charge is 0.534 e. The van der Waals surface area contributed by atoms with E-state index in [9.17, 15) is 21.6 Å². The highest BCUT2D eigenvalue weighted by atomic mass is 32.2. The van der Waals surface area contributed by atoms with Crippen molar-refractivity contribution in [2.75, 3.05) is 0 Å². The van der Waals surface area contributed by atoms with Crippen molar-refractivity contribution in [3.8, 4) is 0 Å². The van der Waals surface area contributed by atoms with E-state index in [-0.39, 0.29) is 39.1 Å². The third-order valence-corrected chi connectivity index (χ3v) is 17.8. The average molecular weight is 579 g/mol. The fourth-order valence-corrected chi connectivity index (χ4v) is 11.4. The summed E-state index contributed by atoms with van der Waals surface area (Å²) in [6.07, 6.45) is 8.08. The lowest BCUT2D eigenvalue weighted by Crippen LogP contribution is -2.63. The molecule has 0 heterocycles. The Bertz CT molecular complexity index is 1090. The lowest BCUT2D eigenvalue weighted by Gasteiger charge is -2.68. The van der Waals surface area contributed by atoms with E-state index in [0.717, 1.165) is 32.1 Å². The molecule has 0 aromatic heterocycles. The first-order chi connectivity index (χ1) is 16.9. The van der Waals surface area contributed by atoms with Crippen molar-refractivity contribution >= 4 is 18.4 Å². The SMILES string of the molecule is CC1(C)[C@@H](O[Si](C)(C)C(C)(C)C)CC[C@]2(C)[C@H]3CC[C@@]4(C)C(OS(=O)(=O)C(F)(F)F)=CC[C@H]4[C@]3(C)CC[C@@H]12. The molecule has 4 aliphatic rings. The van der Waals surface area contributed by atoms with Crippen LogP contribution in [-0.2, 0) is 18.7 Å². The van der Waals surface area contributed by atoms with Crippen molar-refractivity contribution < 1.29 is 30.2 Å². The molecule has 4 aliphatic carbocycles. The molecular formula is C29H49F3O4SSi. The molecule has 0 aromatic carbocycles. The second-order valence-corrected chi connectivity index (χ2v) is 22.0. The predicted molar refractivity (Wildman–Crippen MR) is 147 cm³/mol. The maximum atomic E-state index is 13.1. The van der Waals surface area contributed by atoms with Gasteiger partial charge < -0.3 is 8.61 Å². The molecular weight excluding hydrogens is 529 g/mol. The molecule has 0 unspecified atom stereocenters. The van der Waals surface area contributed by atoms with E-state index in [1.54, 1.807) is 6.08 Å². The van der Waals surface area contributed by atoms with E-state index in [1.165, 1.54) is 0 Å². The van der Waals surface area contributed by atoms with Crippen LogP contribution in [0, 0.1) is 39.4 Å². The van der Waals surface area contributed by atoms with Gasteiger partial charge in [0.25, 0.3) is 0 Å². The van der Waals surface area contributed by atoms with Gasteiger partial charge in [-0.15, -0.1) is 0 Å². The van der Waals surface area contributed by atoms with Crippen LogP contribution in [0.1, 0.15) is 100 Å². The van der Waals surface area contributed by atoms with Crippen molar-refractivity contribution in [1.29, 1.82) is 0 Å². The number of hydrogen-bond acceptors (Lipinski definition) is 4. The molecule has 0 aromatic rings. The zero-order valence-electron chi connectivity index (χ0n) is 25.0. The van der Waals surface area contributed by atoms with Crippen LogP contribution in [0.2, 0.25) is 18.1 Å². The van der Waals surface area contributed by atoms with Gasteiger partial charge in [0.15, 0.2) is 8.32 Å². The van der Waals surface area contributed by atoms with Gasteiger partial charge in [-0.2, -0.15) is 21.6 Å². The lowest BCUT2D eigenvalue weighted by molar-refractivity contribution is -0.205. The molecule has 0 aliphatic heterocycles. The van der Waals surface area contributed by atoms with E-state index in [4.69, 9.17) is 8.61 Å².